The average Bonchev–Trinajstić information content (AvgIpc) is 2.54. The monoisotopic (exact) mass is 337 g/mol. The predicted octanol–water partition coefficient (Wildman–Crippen LogP) is 2.77. The maximum Gasteiger partial charge on any atom is 0.233 e. The summed E-state index contributed by atoms with van der Waals surface area (Å²) in [5, 5.41) is 3.30. The summed E-state index contributed by atoms with van der Waals surface area (Å²) in [5.41, 5.74) is 0.772. The van der Waals surface area contributed by atoms with E-state index in [2.05, 4.69) is 5.32 Å². The van der Waals surface area contributed by atoms with Crippen molar-refractivity contribution >= 4 is 28.3 Å². The Kier molecular flexibility index (Phi) is 5.98. The van der Waals surface area contributed by atoms with Crippen LogP contribution < -0.4 is 10.1 Å². The maximum absolute atomic E-state index is 12.0. The zero-order valence-electron chi connectivity index (χ0n) is 12.0. The number of ether oxygens (including phenoxy) is 1. The Morgan fingerprint density at radius 1 is 1.23 bits per heavy atom. The molecule has 1 atom stereocenters. The van der Waals surface area contributed by atoms with Crippen molar-refractivity contribution in [2.45, 2.75) is 11.4 Å². The summed E-state index contributed by atoms with van der Waals surface area (Å²) in [6, 6.07) is 14.1. The number of rotatable bonds is 6. The molecule has 0 aliphatic carbocycles. The van der Waals surface area contributed by atoms with Crippen LogP contribution in [0.1, 0.15) is 5.56 Å². The van der Waals surface area contributed by atoms with Gasteiger partial charge in [0.25, 0.3) is 0 Å². The molecule has 4 nitrogen and oxygen atoms in total. The minimum atomic E-state index is -1.35. The Hall–Kier alpha value is -1.85. The fourth-order valence-corrected chi connectivity index (χ4v) is 3.07. The van der Waals surface area contributed by atoms with Crippen molar-refractivity contribution < 1.29 is 13.7 Å². The smallest absolute Gasteiger partial charge is 0.233 e. The summed E-state index contributed by atoms with van der Waals surface area (Å²) in [6.07, 6.45) is 0. The van der Waals surface area contributed by atoms with Crippen LogP contribution in [-0.4, -0.2) is 23.0 Å². The first kappa shape index (κ1) is 16.5. The van der Waals surface area contributed by atoms with E-state index in [1.165, 1.54) is 0 Å². The predicted molar refractivity (Wildman–Crippen MR) is 87.6 cm³/mol. The van der Waals surface area contributed by atoms with E-state index in [1.807, 2.05) is 6.07 Å². The minimum Gasteiger partial charge on any atom is -0.496 e. The molecule has 116 valence electrons. The molecule has 0 aromatic heterocycles. The number of carbonyl (C=O) groups is 1. The van der Waals surface area contributed by atoms with E-state index in [-0.39, 0.29) is 18.2 Å². The summed E-state index contributed by atoms with van der Waals surface area (Å²) in [5.74, 6) is 0.283. The SMILES string of the molecule is COc1ccc(Cl)cc1CNC(=O)C[S@](=O)c1ccccc1. The van der Waals surface area contributed by atoms with E-state index < -0.39 is 10.8 Å². The van der Waals surface area contributed by atoms with Gasteiger partial charge in [0.05, 0.1) is 17.9 Å². The van der Waals surface area contributed by atoms with Gasteiger partial charge >= 0.3 is 0 Å². The molecule has 0 saturated carbocycles. The van der Waals surface area contributed by atoms with E-state index in [1.54, 1.807) is 49.6 Å². The summed E-state index contributed by atoms with van der Waals surface area (Å²) in [6.45, 7) is 0.272. The van der Waals surface area contributed by atoms with E-state index in [0.29, 0.717) is 15.7 Å². The van der Waals surface area contributed by atoms with Crippen LogP contribution in [0.3, 0.4) is 0 Å². The molecule has 0 aliphatic rings. The molecule has 0 aliphatic heterocycles. The quantitative estimate of drug-likeness (QED) is 0.881. The molecule has 0 bridgehead atoms. The van der Waals surface area contributed by atoms with Crippen LogP contribution in [0.15, 0.2) is 53.4 Å². The first-order chi connectivity index (χ1) is 10.6. The summed E-state index contributed by atoms with van der Waals surface area (Å²) >= 11 is 5.94. The van der Waals surface area contributed by atoms with E-state index in [4.69, 9.17) is 16.3 Å². The third kappa shape index (κ3) is 4.58. The van der Waals surface area contributed by atoms with Crippen LogP contribution in [0.25, 0.3) is 0 Å². The molecule has 2 rings (SSSR count). The lowest BCUT2D eigenvalue weighted by Gasteiger charge is -2.10. The van der Waals surface area contributed by atoms with Crippen LogP contribution in [0.2, 0.25) is 5.02 Å². The highest BCUT2D eigenvalue weighted by atomic mass is 35.5. The molecule has 0 fully saturated rings. The molecule has 0 saturated heterocycles. The molecule has 0 heterocycles. The standard InChI is InChI=1S/C16H16ClNO3S/c1-21-15-8-7-13(17)9-12(15)10-18-16(19)11-22(20)14-5-3-2-4-6-14/h2-9H,10-11H2,1H3,(H,18,19)/t22-/m0/s1. The van der Waals surface area contributed by atoms with Crippen LogP contribution in [0, 0.1) is 0 Å². The van der Waals surface area contributed by atoms with Crippen LogP contribution in [0.4, 0.5) is 0 Å². The van der Waals surface area contributed by atoms with Gasteiger partial charge in [-0.2, -0.15) is 0 Å². The van der Waals surface area contributed by atoms with Gasteiger partial charge in [-0.15, -0.1) is 0 Å². The Morgan fingerprint density at radius 3 is 2.64 bits per heavy atom. The Labute approximate surface area is 136 Å². The lowest BCUT2D eigenvalue weighted by molar-refractivity contribution is -0.118. The second-order valence-corrected chi connectivity index (χ2v) is 6.42. The number of carbonyl (C=O) groups excluding carboxylic acids is 1. The number of hydrogen-bond acceptors (Lipinski definition) is 3. The van der Waals surface area contributed by atoms with E-state index in [0.717, 1.165) is 5.56 Å². The fourth-order valence-electron chi connectivity index (χ4n) is 1.90. The summed E-state index contributed by atoms with van der Waals surface area (Å²) in [7, 11) is 0.202. The lowest BCUT2D eigenvalue weighted by Crippen LogP contribution is -2.28. The molecule has 2 aromatic carbocycles. The van der Waals surface area contributed by atoms with Gasteiger partial charge in [-0.3, -0.25) is 9.00 Å². The number of hydrogen-bond donors (Lipinski definition) is 1. The summed E-state index contributed by atoms with van der Waals surface area (Å²) in [4.78, 5) is 12.5. The molecule has 1 N–H and O–H groups in total. The Morgan fingerprint density at radius 2 is 1.95 bits per heavy atom. The number of methoxy groups -OCH3 is 1. The van der Waals surface area contributed by atoms with Crippen LogP contribution in [-0.2, 0) is 22.1 Å². The van der Waals surface area contributed by atoms with Crippen molar-refractivity contribution in [3.63, 3.8) is 0 Å². The van der Waals surface area contributed by atoms with Crippen molar-refractivity contribution in [3.8, 4) is 5.75 Å². The lowest BCUT2D eigenvalue weighted by atomic mass is 10.2. The third-order valence-corrected chi connectivity index (χ3v) is 4.54. The number of nitrogens with one attached hydrogen (secondary N) is 1. The molecular formula is C16H16ClNO3S. The van der Waals surface area contributed by atoms with Gasteiger partial charge in [-0.05, 0) is 30.3 Å². The zero-order chi connectivity index (χ0) is 15.9. The normalized spacial score (nSPS) is 11.7. The third-order valence-electron chi connectivity index (χ3n) is 2.99. The zero-order valence-corrected chi connectivity index (χ0v) is 13.6. The Balaban J connectivity index is 1.93. The molecule has 22 heavy (non-hydrogen) atoms. The van der Waals surface area contributed by atoms with Gasteiger partial charge in [0, 0.05) is 22.0 Å². The van der Waals surface area contributed by atoms with Gasteiger partial charge in [-0.25, -0.2) is 0 Å². The van der Waals surface area contributed by atoms with Crippen LogP contribution in [0.5, 0.6) is 5.75 Å². The van der Waals surface area contributed by atoms with Gasteiger partial charge in [0.15, 0.2) is 0 Å². The molecule has 0 unspecified atom stereocenters. The topological polar surface area (TPSA) is 55.4 Å². The largest absolute Gasteiger partial charge is 0.496 e. The van der Waals surface area contributed by atoms with Crippen molar-refractivity contribution in [2.75, 3.05) is 12.9 Å². The second-order valence-electron chi connectivity index (χ2n) is 4.54. The van der Waals surface area contributed by atoms with Gasteiger partial charge in [0.1, 0.15) is 11.5 Å². The van der Waals surface area contributed by atoms with Crippen molar-refractivity contribution in [1.82, 2.24) is 5.32 Å². The second kappa shape index (κ2) is 7.96. The Bertz CT molecular complexity index is 676. The molecule has 0 radical (unpaired) electrons. The van der Waals surface area contributed by atoms with Gasteiger partial charge < -0.3 is 10.1 Å². The van der Waals surface area contributed by atoms with E-state index in [9.17, 15) is 9.00 Å². The number of amides is 1. The van der Waals surface area contributed by atoms with Crippen molar-refractivity contribution in [2.24, 2.45) is 0 Å². The minimum absolute atomic E-state index is 0.0765. The van der Waals surface area contributed by atoms with Crippen molar-refractivity contribution in [3.05, 3.63) is 59.1 Å². The molecular weight excluding hydrogens is 322 g/mol. The molecule has 1 amide bonds. The average molecular weight is 338 g/mol. The molecule has 6 heteroatoms. The summed E-state index contributed by atoms with van der Waals surface area (Å²) < 4.78 is 17.3. The highest BCUT2D eigenvalue weighted by Crippen LogP contribution is 2.22. The molecule has 2 aromatic rings. The highest BCUT2D eigenvalue weighted by Gasteiger charge is 2.11. The number of benzene rings is 2. The first-order valence-electron chi connectivity index (χ1n) is 6.62. The molecule has 0 spiro atoms. The first-order valence-corrected chi connectivity index (χ1v) is 8.32. The van der Waals surface area contributed by atoms with Crippen LogP contribution >= 0.6 is 11.6 Å². The van der Waals surface area contributed by atoms with Gasteiger partial charge in [-0.1, -0.05) is 29.8 Å². The fraction of sp³-hybridized carbons (Fsp3) is 0.188. The van der Waals surface area contributed by atoms with Crippen molar-refractivity contribution in [1.29, 1.82) is 0 Å². The highest BCUT2D eigenvalue weighted by molar-refractivity contribution is 7.85. The van der Waals surface area contributed by atoms with E-state index >= 15 is 0 Å². The maximum atomic E-state index is 12.0. The van der Waals surface area contributed by atoms with Gasteiger partial charge in [0.2, 0.25) is 5.91 Å². The number of halogens is 1.